The van der Waals surface area contributed by atoms with Gasteiger partial charge in [-0.3, -0.25) is 20.4 Å². The highest BCUT2D eigenvalue weighted by atomic mass is 16.6. The minimum atomic E-state index is -0.828. The van der Waals surface area contributed by atoms with Gasteiger partial charge in [-0.05, 0) is 72.9 Å². The molecule has 1 rings (SSSR count). The van der Waals surface area contributed by atoms with Crippen LogP contribution < -0.4 is 16.0 Å². The monoisotopic (exact) mass is 506 g/mol. The van der Waals surface area contributed by atoms with Crippen LogP contribution in [0.2, 0.25) is 0 Å². The van der Waals surface area contributed by atoms with E-state index in [0.717, 1.165) is 0 Å². The number of nitrogens with zero attached hydrogens (tertiary/aromatic N) is 1. The fraction of sp³-hybridized carbons (Fsp3) is 0.560. The SMILES string of the molecule is COC(=O)[C@H](CCCCN=C(NC(=O)OC(C)(C)C)NC(=O)OC(C)(C)C)NC(=O)c1ccccc1. The fourth-order valence-electron chi connectivity index (χ4n) is 2.78. The summed E-state index contributed by atoms with van der Waals surface area (Å²) >= 11 is 0. The lowest BCUT2D eigenvalue weighted by Gasteiger charge is -2.22. The van der Waals surface area contributed by atoms with Crippen LogP contribution in [-0.2, 0) is 19.0 Å². The minimum Gasteiger partial charge on any atom is -0.467 e. The number of benzene rings is 1. The third-order valence-electron chi connectivity index (χ3n) is 4.24. The van der Waals surface area contributed by atoms with E-state index < -0.39 is 35.4 Å². The Bertz CT molecular complexity index is 887. The number of hydrogen-bond donors (Lipinski definition) is 3. The standard InChI is InChI=1S/C25H38N4O7/c1-24(2,3)35-22(32)28-21(29-23(33)36-25(4,5)6)26-16-12-11-15-18(20(31)34-7)27-19(30)17-13-9-8-10-14-17/h8-10,13-14,18H,11-12,15-16H2,1-7H3,(H,27,30)(H2,26,28,29,32,33)/t18-/m0/s1. The summed E-state index contributed by atoms with van der Waals surface area (Å²) in [4.78, 5) is 53.1. The van der Waals surface area contributed by atoms with Gasteiger partial charge in [-0.15, -0.1) is 0 Å². The number of hydrogen-bond acceptors (Lipinski definition) is 8. The summed E-state index contributed by atoms with van der Waals surface area (Å²) in [5.74, 6) is -1.06. The van der Waals surface area contributed by atoms with Crippen molar-refractivity contribution in [2.75, 3.05) is 13.7 Å². The van der Waals surface area contributed by atoms with Gasteiger partial charge >= 0.3 is 18.2 Å². The maximum absolute atomic E-state index is 12.4. The van der Waals surface area contributed by atoms with Crippen LogP contribution in [-0.4, -0.2) is 60.9 Å². The molecule has 1 aromatic rings. The summed E-state index contributed by atoms with van der Waals surface area (Å²) in [5.41, 5.74) is -1.05. The number of rotatable bonds is 8. The van der Waals surface area contributed by atoms with Crippen LogP contribution in [0.1, 0.15) is 71.2 Å². The number of carbonyl (C=O) groups excluding carboxylic acids is 4. The predicted octanol–water partition coefficient (Wildman–Crippen LogP) is 3.53. The lowest BCUT2D eigenvalue weighted by atomic mass is 10.1. The molecular formula is C25H38N4O7. The smallest absolute Gasteiger partial charge is 0.414 e. The second-order valence-electron chi connectivity index (χ2n) is 9.90. The van der Waals surface area contributed by atoms with Crippen molar-refractivity contribution < 1.29 is 33.4 Å². The third kappa shape index (κ3) is 13.3. The van der Waals surface area contributed by atoms with E-state index >= 15 is 0 Å². The summed E-state index contributed by atoms with van der Waals surface area (Å²) in [6, 6.07) is 7.72. The first-order valence-electron chi connectivity index (χ1n) is 11.7. The number of carbonyl (C=O) groups is 4. The van der Waals surface area contributed by atoms with E-state index in [4.69, 9.17) is 14.2 Å². The summed E-state index contributed by atoms with van der Waals surface area (Å²) < 4.78 is 15.2. The number of alkyl carbamates (subject to hydrolysis) is 2. The van der Waals surface area contributed by atoms with E-state index in [1.54, 1.807) is 71.9 Å². The van der Waals surface area contributed by atoms with Gasteiger partial charge in [0.25, 0.3) is 5.91 Å². The number of unbranched alkanes of at least 4 members (excludes halogenated alkanes) is 1. The number of aliphatic imine (C=N–C) groups is 1. The molecule has 11 heteroatoms. The number of guanidine groups is 1. The Kier molecular flexibility index (Phi) is 11.9. The van der Waals surface area contributed by atoms with E-state index in [-0.39, 0.29) is 18.4 Å². The van der Waals surface area contributed by atoms with E-state index in [2.05, 4.69) is 20.9 Å². The van der Waals surface area contributed by atoms with Crippen molar-refractivity contribution in [2.45, 2.75) is 78.0 Å². The van der Waals surface area contributed by atoms with Gasteiger partial charge in [0.15, 0.2) is 0 Å². The molecule has 3 N–H and O–H groups in total. The van der Waals surface area contributed by atoms with Crippen LogP contribution in [0.5, 0.6) is 0 Å². The Balaban J connectivity index is 2.73. The molecule has 1 atom stereocenters. The summed E-state index contributed by atoms with van der Waals surface area (Å²) in [5, 5.41) is 7.50. The van der Waals surface area contributed by atoms with E-state index in [0.29, 0.717) is 24.8 Å². The van der Waals surface area contributed by atoms with E-state index in [1.165, 1.54) is 7.11 Å². The predicted molar refractivity (Wildman–Crippen MR) is 135 cm³/mol. The zero-order valence-corrected chi connectivity index (χ0v) is 22.1. The summed E-state index contributed by atoms with van der Waals surface area (Å²) in [6.07, 6.45) is -0.262. The molecule has 0 aromatic heterocycles. The fourth-order valence-corrected chi connectivity index (χ4v) is 2.78. The van der Waals surface area contributed by atoms with Crippen molar-refractivity contribution >= 4 is 30.0 Å². The molecule has 0 unspecified atom stereocenters. The molecule has 11 nitrogen and oxygen atoms in total. The Morgan fingerprint density at radius 3 is 1.86 bits per heavy atom. The van der Waals surface area contributed by atoms with Gasteiger partial charge in [-0.2, -0.15) is 0 Å². The van der Waals surface area contributed by atoms with Gasteiger partial charge in [-0.25, -0.2) is 14.4 Å². The first kappa shape index (κ1) is 30.4. The van der Waals surface area contributed by atoms with Gasteiger partial charge in [0, 0.05) is 12.1 Å². The van der Waals surface area contributed by atoms with Crippen molar-refractivity contribution in [2.24, 2.45) is 4.99 Å². The molecule has 0 spiro atoms. The molecule has 0 aliphatic carbocycles. The quantitative estimate of drug-likeness (QED) is 0.161. The van der Waals surface area contributed by atoms with Gasteiger partial charge in [-0.1, -0.05) is 18.2 Å². The Morgan fingerprint density at radius 1 is 0.861 bits per heavy atom. The van der Waals surface area contributed by atoms with Crippen LogP contribution in [0.4, 0.5) is 9.59 Å². The highest BCUT2D eigenvalue weighted by Gasteiger charge is 2.23. The summed E-state index contributed by atoms with van der Waals surface area (Å²) in [6.45, 7) is 10.5. The van der Waals surface area contributed by atoms with Crippen LogP contribution in [0.25, 0.3) is 0 Å². The Hall–Kier alpha value is -3.63. The zero-order chi connectivity index (χ0) is 27.4. The maximum Gasteiger partial charge on any atom is 0.414 e. The van der Waals surface area contributed by atoms with Crippen molar-refractivity contribution in [3.05, 3.63) is 35.9 Å². The average Bonchev–Trinajstić information content (AvgIpc) is 2.75. The van der Waals surface area contributed by atoms with Gasteiger partial charge in [0.2, 0.25) is 5.96 Å². The topological polar surface area (TPSA) is 144 Å². The lowest BCUT2D eigenvalue weighted by molar-refractivity contribution is -0.143. The molecule has 0 aliphatic heterocycles. The first-order valence-corrected chi connectivity index (χ1v) is 11.7. The molecule has 0 aliphatic rings. The van der Waals surface area contributed by atoms with Gasteiger partial charge in [0.1, 0.15) is 17.2 Å². The number of ether oxygens (including phenoxy) is 3. The van der Waals surface area contributed by atoms with E-state index in [1.807, 2.05) is 0 Å². The van der Waals surface area contributed by atoms with Crippen LogP contribution in [0.3, 0.4) is 0 Å². The lowest BCUT2D eigenvalue weighted by Crippen LogP contribution is -2.47. The number of methoxy groups -OCH3 is 1. The molecule has 36 heavy (non-hydrogen) atoms. The molecule has 0 heterocycles. The van der Waals surface area contributed by atoms with Crippen molar-refractivity contribution in [3.8, 4) is 0 Å². The molecule has 200 valence electrons. The molecule has 0 fully saturated rings. The third-order valence-corrected chi connectivity index (χ3v) is 4.24. The van der Waals surface area contributed by atoms with Crippen LogP contribution >= 0.6 is 0 Å². The van der Waals surface area contributed by atoms with Crippen molar-refractivity contribution in [1.29, 1.82) is 0 Å². The van der Waals surface area contributed by atoms with Gasteiger partial charge < -0.3 is 19.5 Å². The first-order chi connectivity index (χ1) is 16.7. The minimum absolute atomic E-state index is 0.125. The van der Waals surface area contributed by atoms with Crippen LogP contribution in [0.15, 0.2) is 35.3 Å². The number of nitrogens with one attached hydrogen (secondary N) is 3. The molecule has 0 radical (unpaired) electrons. The molecule has 1 aromatic carbocycles. The summed E-state index contributed by atoms with van der Waals surface area (Å²) in [7, 11) is 1.26. The highest BCUT2D eigenvalue weighted by Crippen LogP contribution is 2.09. The van der Waals surface area contributed by atoms with Crippen LogP contribution in [0, 0.1) is 0 Å². The Morgan fingerprint density at radius 2 is 1.39 bits per heavy atom. The van der Waals surface area contributed by atoms with E-state index in [9.17, 15) is 19.2 Å². The Labute approximate surface area is 212 Å². The molecule has 3 amide bonds. The normalized spacial score (nSPS) is 12.0. The second-order valence-corrected chi connectivity index (χ2v) is 9.90. The number of esters is 1. The van der Waals surface area contributed by atoms with Crippen molar-refractivity contribution in [3.63, 3.8) is 0 Å². The second kappa shape index (κ2) is 14.1. The largest absolute Gasteiger partial charge is 0.467 e. The molecule has 0 bridgehead atoms. The highest BCUT2D eigenvalue weighted by molar-refractivity contribution is 6.01. The molecule has 0 saturated carbocycles. The van der Waals surface area contributed by atoms with Crippen molar-refractivity contribution in [1.82, 2.24) is 16.0 Å². The zero-order valence-electron chi connectivity index (χ0n) is 22.1. The molecular weight excluding hydrogens is 468 g/mol. The maximum atomic E-state index is 12.4. The molecule has 0 saturated heterocycles. The number of amides is 3. The average molecular weight is 507 g/mol. The van der Waals surface area contributed by atoms with Gasteiger partial charge in [0.05, 0.1) is 7.11 Å².